The van der Waals surface area contributed by atoms with Gasteiger partial charge in [-0.3, -0.25) is 9.78 Å². The molecule has 152 valence electrons. The molecule has 0 spiro atoms. The topological polar surface area (TPSA) is 46.9 Å². The van der Waals surface area contributed by atoms with Crippen molar-refractivity contribution in [3.63, 3.8) is 0 Å². The van der Waals surface area contributed by atoms with Crippen molar-refractivity contribution < 1.29 is 4.39 Å². The quantitative estimate of drug-likeness (QED) is 0.424. The zero-order valence-corrected chi connectivity index (χ0v) is 17.2. The van der Waals surface area contributed by atoms with Crippen LogP contribution in [-0.4, -0.2) is 15.3 Å². The Morgan fingerprint density at radius 1 is 1.00 bits per heavy atom. The third kappa shape index (κ3) is 4.96. The summed E-state index contributed by atoms with van der Waals surface area (Å²) in [5, 5.41) is 4.17. The fraction of sp³-hybridized carbons (Fsp3) is 0.167. The molecule has 0 atom stereocenters. The largest absolute Gasteiger partial charge is 0.308 e. The summed E-state index contributed by atoms with van der Waals surface area (Å²) in [6.07, 6.45) is 3.54. The molecule has 1 N–H and O–H groups in total. The van der Waals surface area contributed by atoms with Crippen LogP contribution in [0.15, 0.2) is 88.8 Å². The number of rotatable bonds is 8. The van der Waals surface area contributed by atoms with Crippen LogP contribution >= 0.6 is 11.8 Å². The number of aromatic nitrogens is 2. The molecule has 0 amide bonds. The molecule has 0 saturated carbocycles. The van der Waals surface area contributed by atoms with E-state index in [1.54, 1.807) is 34.8 Å². The first-order valence-electron chi connectivity index (χ1n) is 9.80. The second-order valence-electron chi connectivity index (χ2n) is 6.96. The zero-order chi connectivity index (χ0) is 20.8. The van der Waals surface area contributed by atoms with Crippen LogP contribution in [0.5, 0.6) is 0 Å². The van der Waals surface area contributed by atoms with Crippen LogP contribution in [0.4, 0.5) is 4.39 Å². The Morgan fingerprint density at radius 2 is 1.87 bits per heavy atom. The molecule has 4 rings (SSSR count). The summed E-state index contributed by atoms with van der Waals surface area (Å²) < 4.78 is 15.6. The molecule has 0 saturated heterocycles. The zero-order valence-electron chi connectivity index (χ0n) is 16.4. The van der Waals surface area contributed by atoms with Crippen molar-refractivity contribution in [3.8, 4) is 0 Å². The van der Waals surface area contributed by atoms with E-state index < -0.39 is 0 Å². The lowest BCUT2D eigenvalue weighted by atomic mass is 10.1. The minimum atomic E-state index is -0.339. The fourth-order valence-electron chi connectivity index (χ4n) is 3.37. The molecule has 2 aromatic carbocycles. The SMILES string of the molecule is O=c1c(CNCc2cccnc2)cc2ccc(F)cc2n1CCSc1ccccc1. The van der Waals surface area contributed by atoms with Crippen LogP contribution in [0.1, 0.15) is 11.1 Å². The Kier molecular flexibility index (Phi) is 6.57. The van der Waals surface area contributed by atoms with E-state index in [-0.39, 0.29) is 11.4 Å². The molecule has 0 unspecified atom stereocenters. The third-order valence-electron chi connectivity index (χ3n) is 4.83. The monoisotopic (exact) mass is 419 g/mol. The maximum atomic E-state index is 13.9. The van der Waals surface area contributed by atoms with Gasteiger partial charge in [0.15, 0.2) is 0 Å². The molecular weight excluding hydrogens is 397 g/mol. The third-order valence-corrected chi connectivity index (χ3v) is 5.82. The Labute approximate surface area is 178 Å². The molecule has 4 aromatic rings. The summed E-state index contributed by atoms with van der Waals surface area (Å²) in [4.78, 5) is 18.4. The van der Waals surface area contributed by atoms with Gasteiger partial charge in [0, 0.05) is 48.2 Å². The molecule has 2 aromatic heterocycles. The van der Waals surface area contributed by atoms with Crippen molar-refractivity contribution in [3.05, 3.63) is 106 Å². The summed E-state index contributed by atoms with van der Waals surface area (Å²) in [6.45, 7) is 1.57. The predicted molar refractivity (Wildman–Crippen MR) is 120 cm³/mol. The highest BCUT2D eigenvalue weighted by Crippen LogP contribution is 2.20. The molecule has 0 aliphatic carbocycles. The number of hydrogen-bond donors (Lipinski definition) is 1. The Hall–Kier alpha value is -2.96. The van der Waals surface area contributed by atoms with Gasteiger partial charge in [0.05, 0.1) is 5.52 Å². The molecule has 0 aliphatic rings. The molecule has 6 heteroatoms. The van der Waals surface area contributed by atoms with Crippen LogP contribution < -0.4 is 10.9 Å². The average molecular weight is 420 g/mol. The summed E-state index contributed by atoms with van der Waals surface area (Å²) in [6, 6.07) is 20.4. The minimum Gasteiger partial charge on any atom is -0.308 e. The second-order valence-corrected chi connectivity index (χ2v) is 8.12. The Morgan fingerprint density at radius 3 is 2.67 bits per heavy atom. The van der Waals surface area contributed by atoms with Crippen LogP contribution in [0.2, 0.25) is 0 Å². The first-order valence-corrected chi connectivity index (χ1v) is 10.8. The molecular formula is C24H22FN3OS. The number of benzene rings is 2. The predicted octanol–water partition coefficient (Wildman–Crippen LogP) is 4.62. The average Bonchev–Trinajstić information content (AvgIpc) is 2.78. The number of halogens is 1. The summed E-state index contributed by atoms with van der Waals surface area (Å²) in [5.74, 6) is 0.385. The van der Waals surface area contributed by atoms with E-state index in [1.165, 1.54) is 12.1 Å². The van der Waals surface area contributed by atoms with Crippen LogP contribution in [-0.2, 0) is 19.6 Å². The molecule has 0 radical (unpaired) electrons. The molecule has 0 aliphatic heterocycles. The lowest BCUT2D eigenvalue weighted by Crippen LogP contribution is -2.28. The highest BCUT2D eigenvalue weighted by molar-refractivity contribution is 7.99. The normalized spacial score (nSPS) is 11.1. The van der Waals surface area contributed by atoms with Gasteiger partial charge in [-0.15, -0.1) is 11.8 Å². The maximum absolute atomic E-state index is 13.9. The first kappa shape index (κ1) is 20.3. The fourth-order valence-corrected chi connectivity index (χ4v) is 4.23. The van der Waals surface area contributed by atoms with Crippen LogP contribution in [0, 0.1) is 5.82 Å². The number of thioether (sulfide) groups is 1. The van der Waals surface area contributed by atoms with E-state index >= 15 is 0 Å². The number of fused-ring (bicyclic) bond motifs is 1. The van der Waals surface area contributed by atoms with Crippen LogP contribution in [0.3, 0.4) is 0 Å². The van der Waals surface area contributed by atoms with Crippen molar-refractivity contribution >= 4 is 22.7 Å². The number of hydrogen-bond acceptors (Lipinski definition) is 4. The maximum Gasteiger partial charge on any atom is 0.255 e. The Bertz CT molecular complexity index is 1180. The standard InChI is InChI=1S/C24H22FN3OS/c25-21-9-8-19-13-20(17-27-16-18-5-4-10-26-15-18)24(29)28(23(19)14-21)11-12-30-22-6-2-1-3-7-22/h1-10,13-15,27H,11-12,16-17H2. The van der Waals surface area contributed by atoms with Gasteiger partial charge in [-0.05, 0) is 53.4 Å². The summed E-state index contributed by atoms with van der Waals surface area (Å²) >= 11 is 1.68. The molecule has 0 fully saturated rings. The Balaban J connectivity index is 1.55. The minimum absolute atomic E-state index is 0.0829. The van der Waals surface area contributed by atoms with Gasteiger partial charge in [0.1, 0.15) is 5.82 Å². The highest BCUT2D eigenvalue weighted by Gasteiger charge is 2.10. The van der Waals surface area contributed by atoms with Crippen molar-refractivity contribution in [1.82, 2.24) is 14.9 Å². The van der Waals surface area contributed by atoms with Crippen molar-refractivity contribution in [2.24, 2.45) is 0 Å². The second kappa shape index (κ2) is 9.69. The molecule has 2 heterocycles. The van der Waals surface area contributed by atoms with E-state index in [4.69, 9.17) is 0 Å². The smallest absolute Gasteiger partial charge is 0.255 e. The van der Waals surface area contributed by atoms with Gasteiger partial charge < -0.3 is 9.88 Å². The van der Waals surface area contributed by atoms with Gasteiger partial charge in [-0.1, -0.05) is 24.3 Å². The van der Waals surface area contributed by atoms with Crippen molar-refractivity contribution in [2.75, 3.05) is 5.75 Å². The summed E-state index contributed by atoms with van der Waals surface area (Å²) in [5.41, 5.74) is 2.27. The van der Waals surface area contributed by atoms with E-state index in [2.05, 4.69) is 10.3 Å². The number of aryl methyl sites for hydroxylation is 1. The van der Waals surface area contributed by atoms with Gasteiger partial charge in [0.2, 0.25) is 0 Å². The number of nitrogens with one attached hydrogen (secondary N) is 1. The number of nitrogens with zero attached hydrogens (tertiary/aromatic N) is 2. The van der Waals surface area contributed by atoms with Crippen molar-refractivity contribution in [2.45, 2.75) is 24.5 Å². The van der Waals surface area contributed by atoms with E-state index in [0.29, 0.717) is 30.7 Å². The van der Waals surface area contributed by atoms with E-state index in [1.807, 2.05) is 48.5 Å². The molecule has 0 bridgehead atoms. The highest BCUT2D eigenvalue weighted by atomic mass is 32.2. The van der Waals surface area contributed by atoms with E-state index in [0.717, 1.165) is 21.6 Å². The lowest BCUT2D eigenvalue weighted by molar-refractivity contribution is 0.626. The van der Waals surface area contributed by atoms with Gasteiger partial charge in [-0.25, -0.2) is 4.39 Å². The number of pyridine rings is 2. The first-order chi connectivity index (χ1) is 14.7. The molecule has 4 nitrogen and oxygen atoms in total. The van der Waals surface area contributed by atoms with E-state index in [9.17, 15) is 9.18 Å². The van der Waals surface area contributed by atoms with Gasteiger partial charge in [-0.2, -0.15) is 0 Å². The van der Waals surface area contributed by atoms with Crippen molar-refractivity contribution in [1.29, 1.82) is 0 Å². The molecule has 30 heavy (non-hydrogen) atoms. The van der Waals surface area contributed by atoms with Gasteiger partial charge >= 0.3 is 0 Å². The van der Waals surface area contributed by atoms with Crippen LogP contribution in [0.25, 0.3) is 10.9 Å². The van der Waals surface area contributed by atoms with Gasteiger partial charge in [0.25, 0.3) is 5.56 Å². The lowest BCUT2D eigenvalue weighted by Gasteiger charge is -2.14. The summed E-state index contributed by atoms with van der Waals surface area (Å²) in [7, 11) is 0.